The SMILES string of the molecule is C[C@]1(c2ccc(F)c(F)c2)NC(=O)N(CC(=O)Nc2sc3c(c2C(N)=O)CCC3)C1=O. The van der Waals surface area contributed by atoms with E-state index in [1.807, 2.05) is 0 Å². The molecule has 31 heavy (non-hydrogen) atoms. The Balaban J connectivity index is 1.53. The summed E-state index contributed by atoms with van der Waals surface area (Å²) in [5.74, 6) is -4.39. The number of carbonyl (C=O) groups excluding carboxylic acids is 4. The van der Waals surface area contributed by atoms with Gasteiger partial charge in [-0.1, -0.05) is 6.07 Å². The molecule has 1 aromatic carbocycles. The summed E-state index contributed by atoms with van der Waals surface area (Å²) in [5.41, 5.74) is 4.94. The number of hydrogen-bond donors (Lipinski definition) is 3. The fourth-order valence-corrected chi connectivity index (χ4v) is 5.22. The van der Waals surface area contributed by atoms with Crippen molar-refractivity contribution in [2.45, 2.75) is 31.7 Å². The number of anilines is 1. The van der Waals surface area contributed by atoms with E-state index in [4.69, 9.17) is 5.73 Å². The quantitative estimate of drug-likeness (QED) is 0.606. The Morgan fingerprint density at radius 2 is 2.00 bits per heavy atom. The predicted molar refractivity (Wildman–Crippen MR) is 107 cm³/mol. The second-order valence-corrected chi connectivity index (χ2v) is 8.65. The van der Waals surface area contributed by atoms with Crippen LogP contribution in [0, 0.1) is 11.6 Å². The molecule has 8 nitrogen and oxygen atoms in total. The molecule has 1 atom stereocenters. The van der Waals surface area contributed by atoms with Gasteiger partial charge in [0.05, 0.1) is 5.56 Å². The van der Waals surface area contributed by atoms with Gasteiger partial charge in [0.25, 0.3) is 11.8 Å². The van der Waals surface area contributed by atoms with Crippen molar-refractivity contribution < 1.29 is 28.0 Å². The lowest BCUT2D eigenvalue weighted by molar-refractivity contribution is -0.133. The Hall–Kier alpha value is -3.34. The molecule has 2 aliphatic rings. The van der Waals surface area contributed by atoms with Crippen molar-refractivity contribution in [1.29, 1.82) is 0 Å². The first-order chi connectivity index (χ1) is 14.6. The number of hydrogen-bond acceptors (Lipinski definition) is 5. The zero-order chi connectivity index (χ0) is 22.5. The van der Waals surface area contributed by atoms with Gasteiger partial charge in [-0.15, -0.1) is 11.3 Å². The number of nitrogens with zero attached hydrogens (tertiary/aromatic N) is 1. The summed E-state index contributed by atoms with van der Waals surface area (Å²) in [6, 6.07) is 2.01. The van der Waals surface area contributed by atoms with Crippen LogP contribution >= 0.6 is 11.3 Å². The average molecular weight is 448 g/mol. The third-order valence-electron chi connectivity index (χ3n) is 5.49. The number of halogens is 2. The normalized spacial score (nSPS) is 20.0. The maximum Gasteiger partial charge on any atom is 0.325 e. The maximum absolute atomic E-state index is 13.6. The number of nitrogens with one attached hydrogen (secondary N) is 2. The number of rotatable bonds is 5. The van der Waals surface area contributed by atoms with Crippen molar-refractivity contribution in [3.05, 3.63) is 51.4 Å². The lowest BCUT2D eigenvalue weighted by Crippen LogP contribution is -2.42. The number of aryl methyl sites for hydroxylation is 1. The van der Waals surface area contributed by atoms with E-state index in [9.17, 15) is 28.0 Å². The van der Waals surface area contributed by atoms with Gasteiger partial charge in [0.2, 0.25) is 5.91 Å². The van der Waals surface area contributed by atoms with Crippen molar-refractivity contribution in [3.8, 4) is 0 Å². The number of primary amides is 1. The number of nitrogens with two attached hydrogens (primary N) is 1. The molecule has 11 heteroatoms. The molecule has 1 aliphatic carbocycles. The van der Waals surface area contributed by atoms with Gasteiger partial charge in [-0.3, -0.25) is 19.3 Å². The van der Waals surface area contributed by atoms with Gasteiger partial charge >= 0.3 is 6.03 Å². The molecule has 1 aromatic heterocycles. The average Bonchev–Trinajstić information content (AvgIpc) is 3.32. The lowest BCUT2D eigenvalue weighted by atomic mass is 9.92. The van der Waals surface area contributed by atoms with Crippen molar-refractivity contribution in [3.63, 3.8) is 0 Å². The van der Waals surface area contributed by atoms with E-state index in [0.29, 0.717) is 11.3 Å². The van der Waals surface area contributed by atoms with E-state index in [-0.39, 0.29) is 16.1 Å². The molecule has 2 aromatic rings. The summed E-state index contributed by atoms with van der Waals surface area (Å²) in [6.07, 6.45) is 2.38. The van der Waals surface area contributed by atoms with Gasteiger partial charge in [0.15, 0.2) is 11.6 Å². The van der Waals surface area contributed by atoms with Crippen LogP contribution in [0.25, 0.3) is 0 Å². The van der Waals surface area contributed by atoms with Gasteiger partial charge in [0.1, 0.15) is 17.1 Å². The van der Waals surface area contributed by atoms with Gasteiger partial charge < -0.3 is 16.4 Å². The van der Waals surface area contributed by atoms with Crippen LogP contribution in [0.15, 0.2) is 18.2 Å². The highest BCUT2D eigenvalue weighted by atomic mass is 32.1. The molecule has 5 amide bonds. The van der Waals surface area contributed by atoms with E-state index in [1.165, 1.54) is 24.3 Å². The van der Waals surface area contributed by atoms with Crippen molar-refractivity contribution >= 4 is 40.1 Å². The van der Waals surface area contributed by atoms with Crippen LogP contribution in [-0.2, 0) is 28.0 Å². The Bertz CT molecular complexity index is 1150. The van der Waals surface area contributed by atoms with Crippen LogP contribution in [0.1, 0.15) is 39.7 Å². The lowest BCUT2D eigenvalue weighted by Gasteiger charge is -2.22. The zero-order valence-electron chi connectivity index (χ0n) is 16.4. The molecule has 162 valence electrons. The maximum atomic E-state index is 13.6. The third kappa shape index (κ3) is 3.44. The number of benzene rings is 1. The molecule has 0 unspecified atom stereocenters. The van der Waals surface area contributed by atoms with Crippen molar-refractivity contribution in [2.75, 3.05) is 11.9 Å². The second-order valence-electron chi connectivity index (χ2n) is 7.55. The van der Waals surface area contributed by atoms with E-state index in [2.05, 4.69) is 10.6 Å². The van der Waals surface area contributed by atoms with Crippen molar-refractivity contribution in [1.82, 2.24) is 10.2 Å². The van der Waals surface area contributed by atoms with Gasteiger partial charge in [0, 0.05) is 4.88 Å². The standard InChI is InChI=1S/C20H18F2N4O4S/c1-20(9-5-6-11(21)12(22)7-9)18(29)26(19(30)25-20)8-14(27)24-17-15(16(23)28)10-3-2-4-13(10)31-17/h5-7H,2-4,8H2,1H3,(H2,23,28)(H,24,27)(H,25,30)/t20-/m1/s1. The first kappa shape index (κ1) is 20.9. The minimum Gasteiger partial charge on any atom is -0.365 e. The number of thiophene rings is 1. The smallest absolute Gasteiger partial charge is 0.325 e. The van der Waals surface area contributed by atoms with Crippen LogP contribution in [0.2, 0.25) is 0 Å². The van der Waals surface area contributed by atoms with Gasteiger partial charge in [-0.2, -0.15) is 0 Å². The molecular formula is C20H18F2N4O4S. The topological polar surface area (TPSA) is 122 Å². The Morgan fingerprint density at radius 3 is 2.68 bits per heavy atom. The zero-order valence-corrected chi connectivity index (χ0v) is 17.2. The number of fused-ring (bicyclic) bond motifs is 1. The van der Waals surface area contributed by atoms with E-state index >= 15 is 0 Å². The predicted octanol–water partition coefficient (Wildman–Crippen LogP) is 2.02. The highest BCUT2D eigenvalue weighted by Crippen LogP contribution is 2.39. The van der Waals surface area contributed by atoms with Crippen LogP contribution < -0.4 is 16.4 Å². The first-order valence-corrected chi connectivity index (χ1v) is 10.3. The molecule has 4 N–H and O–H groups in total. The van der Waals surface area contributed by atoms with Crippen LogP contribution in [0.3, 0.4) is 0 Å². The van der Waals surface area contributed by atoms with E-state index in [0.717, 1.165) is 35.4 Å². The molecule has 0 bridgehead atoms. The summed E-state index contributed by atoms with van der Waals surface area (Å²) >= 11 is 1.25. The summed E-state index contributed by atoms with van der Waals surface area (Å²) in [5, 5.41) is 5.28. The number of urea groups is 1. The largest absolute Gasteiger partial charge is 0.365 e. The van der Waals surface area contributed by atoms with Crippen LogP contribution in [0.4, 0.5) is 18.6 Å². The molecular weight excluding hydrogens is 430 g/mol. The summed E-state index contributed by atoms with van der Waals surface area (Å²) < 4.78 is 26.9. The number of carbonyl (C=O) groups is 4. The summed E-state index contributed by atoms with van der Waals surface area (Å²) in [4.78, 5) is 51.3. The molecule has 0 radical (unpaired) electrons. The fraction of sp³-hybridized carbons (Fsp3) is 0.300. The first-order valence-electron chi connectivity index (χ1n) is 9.45. The molecule has 2 heterocycles. The fourth-order valence-electron chi connectivity index (χ4n) is 3.91. The van der Waals surface area contributed by atoms with Gasteiger partial charge in [-0.05, 0) is 49.4 Å². The Kier molecular flexibility index (Phi) is 5.00. The van der Waals surface area contributed by atoms with Crippen molar-refractivity contribution in [2.24, 2.45) is 5.73 Å². The third-order valence-corrected chi connectivity index (χ3v) is 6.70. The molecule has 1 saturated heterocycles. The summed E-state index contributed by atoms with van der Waals surface area (Å²) in [6.45, 7) is 0.720. The highest BCUT2D eigenvalue weighted by molar-refractivity contribution is 7.17. The molecule has 0 saturated carbocycles. The number of imide groups is 1. The van der Waals surface area contributed by atoms with E-state index < -0.39 is 47.5 Å². The monoisotopic (exact) mass is 448 g/mol. The van der Waals surface area contributed by atoms with Gasteiger partial charge in [-0.25, -0.2) is 13.6 Å². The second kappa shape index (κ2) is 7.41. The highest BCUT2D eigenvalue weighted by Gasteiger charge is 2.49. The Labute approximate surface area is 179 Å². The minimum absolute atomic E-state index is 0.0401. The molecule has 4 rings (SSSR count). The van der Waals surface area contributed by atoms with E-state index in [1.54, 1.807) is 0 Å². The molecule has 1 aliphatic heterocycles. The minimum atomic E-state index is -1.66. The number of amides is 5. The summed E-state index contributed by atoms with van der Waals surface area (Å²) in [7, 11) is 0. The molecule has 1 fully saturated rings. The molecule has 0 spiro atoms. The van der Waals surface area contributed by atoms with Crippen LogP contribution in [0.5, 0.6) is 0 Å². The Morgan fingerprint density at radius 1 is 1.26 bits per heavy atom. The van der Waals surface area contributed by atoms with Crippen LogP contribution in [-0.4, -0.2) is 35.2 Å².